The lowest BCUT2D eigenvalue weighted by Gasteiger charge is -2.05. The van der Waals surface area contributed by atoms with Gasteiger partial charge in [0, 0.05) is 14.9 Å². The summed E-state index contributed by atoms with van der Waals surface area (Å²) in [6, 6.07) is 5.34. The van der Waals surface area contributed by atoms with E-state index in [1.54, 1.807) is 23.5 Å². The first-order valence-electron chi connectivity index (χ1n) is 5.40. The van der Waals surface area contributed by atoms with Crippen LogP contribution in [0.1, 0.15) is 25.9 Å². The molecule has 0 atom stereocenters. The molecule has 2 aromatic rings. The van der Waals surface area contributed by atoms with E-state index >= 15 is 0 Å². The first-order valence-corrected chi connectivity index (χ1v) is 7.01. The molecule has 0 fully saturated rings. The average Bonchev–Trinajstić information content (AvgIpc) is 2.68. The fraction of sp³-hybridized carbons (Fsp3) is 0.231. The van der Waals surface area contributed by atoms with Crippen LogP contribution in [0, 0.1) is 13.8 Å². The number of benzene rings is 1. The third-order valence-electron chi connectivity index (χ3n) is 2.53. The van der Waals surface area contributed by atoms with Crippen LogP contribution < -0.4 is 4.74 Å². The minimum Gasteiger partial charge on any atom is -0.486 e. The zero-order chi connectivity index (χ0) is 13.1. The van der Waals surface area contributed by atoms with E-state index in [0.29, 0.717) is 17.9 Å². The topological polar surface area (TPSA) is 39.2 Å². The van der Waals surface area contributed by atoms with Crippen LogP contribution in [-0.2, 0) is 6.61 Å². The molecule has 1 aromatic heterocycles. The van der Waals surface area contributed by atoms with Crippen LogP contribution in [0.15, 0.2) is 22.7 Å². The zero-order valence-corrected chi connectivity index (χ0v) is 12.5. The summed E-state index contributed by atoms with van der Waals surface area (Å²) >= 11 is 4.93. The van der Waals surface area contributed by atoms with E-state index in [1.807, 2.05) is 19.9 Å². The van der Waals surface area contributed by atoms with Crippen molar-refractivity contribution in [1.29, 1.82) is 0 Å². The molecule has 0 bridgehead atoms. The maximum absolute atomic E-state index is 10.8. The van der Waals surface area contributed by atoms with Crippen molar-refractivity contribution in [2.24, 2.45) is 0 Å². The number of hydrogen-bond donors (Lipinski definition) is 0. The molecular formula is C13H12BrNO2S. The molecule has 0 aliphatic carbocycles. The average molecular weight is 326 g/mol. The third kappa shape index (κ3) is 2.97. The number of hydrogen-bond acceptors (Lipinski definition) is 4. The van der Waals surface area contributed by atoms with Crippen LogP contribution in [0.3, 0.4) is 0 Å². The normalized spacial score (nSPS) is 10.4. The summed E-state index contributed by atoms with van der Waals surface area (Å²) in [6.07, 6.45) is 0.800. The van der Waals surface area contributed by atoms with Gasteiger partial charge in [-0.3, -0.25) is 4.79 Å². The number of rotatable bonds is 4. The van der Waals surface area contributed by atoms with Crippen LogP contribution in [0.2, 0.25) is 0 Å². The Kier molecular flexibility index (Phi) is 4.14. The summed E-state index contributed by atoms with van der Waals surface area (Å²) in [6.45, 7) is 4.46. The number of halogens is 1. The first-order chi connectivity index (χ1) is 8.60. The van der Waals surface area contributed by atoms with E-state index in [-0.39, 0.29) is 0 Å². The second kappa shape index (κ2) is 5.63. The molecule has 0 N–H and O–H groups in total. The minimum atomic E-state index is 0.430. The van der Waals surface area contributed by atoms with Crippen LogP contribution >= 0.6 is 27.3 Å². The maximum atomic E-state index is 10.8. The van der Waals surface area contributed by atoms with Crippen molar-refractivity contribution >= 4 is 33.6 Å². The minimum absolute atomic E-state index is 0.430. The highest BCUT2D eigenvalue weighted by Gasteiger charge is 2.06. The lowest BCUT2D eigenvalue weighted by Crippen LogP contribution is -1.95. The van der Waals surface area contributed by atoms with Gasteiger partial charge >= 0.3 is 0 Å². The largest absolute Gasteiger partial charge is 0.486 e. The van der Waals surface area contributed by atoms with Gasteiger partial charge in [-0.05, 0) is 32.0 Å². The Morgan fingerprint density at radius 1 is 1.44 bits per heavy atom. The van der Waals surface area contributed by atoms with Crippen molar-refractivity contribution in [3.8, 4) is 5.75 Å². The number of ether oxygens (including phenoxy) is 1. The second-order valence-corrected chi connectivity index (χ2v) is 5.98. The Bertz CT molecular complexity index is 561. The standard InChI is InChI=1S/C13H12BrNO2S/c1-8-9(2)18-13(15-8)7-17-11-3-4-12(14)10(5-11)6-16/h3-6H,7H2,1-2H3. The first kappa shape index (κ1) is 13.2. The zero-order valence-electron chi connectivity index (χ0n) is 10.1. The Morgan fingerprint density at radius 3 is 2.83 bits per heavy atom. The van der Waals surface area contributed by atoms with E-state index in [9.17, 15) is 4.79 Å². The second-order valence-electron chi connectivity index (χ2n) is 3.84. The quantitative estimate of drug-likeness (QED) is 0.800. The number of aryl methyl sites for hydroxylation is 2. The van der Waals surface area contributed by atoms with Gasteiger partial charge in [-0.15, -0.1) is 11.3 Å². The fourth-order valence-electron chi connectivity index (χ4n) is 1.45. The summed E-state index contributed by atoms with van der Waals surface area (Å²) in [7, 11) is 0. The number of nitrogens with zero attached hydrogens (tertiary/aromatic N) is 1. The Hall–Kier alpha value is -1.20. The molecule has 0 unspecified atom stereocenters. The molecule has 0 radical (unpaired) electrons. The van der Waals surface area contributed by atoms with Gasteiger partial charge in [0.05, 0.1) is 5.69 Å². The number of carbonyl (C=O) groups excluding carboxylic acids is 1. The van der Waals surface area contributed by atoms with Crippen molar-refractivity contribution in [2.75, 3.05) is 0 Å². The summed E-state index contributed by atoms with van der Waals surface area (Å²) in [4.78, 5) is 16.4. The van der Waals surface area contributed by atoms with Gasteiger partial charge in [-0.25, -0.2) is 4.98 Å². The fourth-order valence-corrected chi connectivity index (χ4v) is 2.64. The maximum Gasteiger partial charge on any atom is 0.151 e. The van der Waals surface area contributed by atoms with Crippen LogP contribution in [0.25, 0.3) is 0 Å². The van der Waals surface area contributed by atoms with Crippen molar-refractivity contribution < 1.29 is 9.53 Å². The molecule has 0 saturated carbocycles. The summed E-state index contributed by atoms with van der Waals surface area (Å²) in [5.41, 5.74) is 1.63. The lowest BCUT2D eigenvalue weighted by molar-refractivity contribution is 0.112. The SMILES string of the molecule is Cc1nc(COc2ccc(Br)c(C=O)c2)sc1C. The predicted molar refractivity (Wildman–Crippen MR) is 75.4 cm³/mol. The van der Waals surface area contributed by atoms with Gasteiger partial charge in [-0.2, -0.15) is 0 Å². The molecule has 18 heavy (non-hydrogen) atoms. The molecule has 0 spiro atoms. The van der Waals surface area contributed by atoms with Crippen LogP contribution in [-0.4, -0.2) is 11.3 Å². The van der Waals surface area contributed by atoms with Gasteiger partial charge in [0.2, 0.25) is 0 Å². The molecule has 0 amide bonds. The molecule has 1 heterocycles. The molecule has 1 aromatic carbocycles. The molecule has 0 aliphatic rings. The highest BCUT2D eigenvalue weighted by molar-refractivity contribution is 9.10. The van der Waals surface area contributed by atoms with Gasteiger partial charge in [0.25, 0.3) is 0 Å². The molecule has 5 heteroatoms. The highest BCUT2D eigenvalue weighted by Crippen LogP contribution is 2.23. The third-order valence-corrected chi connectivity index (χ3v) is 4.30. The summed E-state index contributed by atoms with van der Waals surface area (Å²) < 4.78 is 6.40. The monoisotopic (exact) mass is 325 g/mol. The summed E-state index contributed by atoms with van der Waals surface area (Å²) in [5.74, 6) is 0.672. The molecule has 0 saturated heterocycles. The van der Waals surface area contributed by atoms with E-state index in [1.165, 1.54) is 4.88 Å². The molecule has 2 rings (SSSR count). The Balaban J connectivity index is 2.08. The number of carbonyl (C=O) groups is 1. The molecule has 0 aliphatic heterocycles. The van der Waals surface area contributed by atoms with Gasteiger partial charge in [0.15, 0.2) is 6.29 Å². The number of aldehydes is 1. The molecule has 94 valence electrons. The van der Waals surface area contributed by atoms with Crippen molar-refractivity contribution in [3.63, 3.8) is 0 Å². The number of thiazole rings is 1. The molecular weight excluding hydrogens is 314 g/mol. The van der Waals surface area contributed by atoms with E-state index in [2.05, 4.69) is 20.9 Å². The number of aromatic nitrogens is 1. The van der Waals surface area contributed by atoms with Crippen LogP contribution in [0.5, 0.6) is 5.75 Å². The van der Waals surface area contributed by atoms with Gasteiger partial charge in [0.1, 0.15) is 17.4 Å². The van der Waals surface area contributed by atoms with E-state index in [0.717, 1.165) is 21.5 Å². The predicted octanol–water partition coefficient (Wildman–Crippen LogP) is 3.91. The highest BCUT2D eigenvalue weighted by atomic mass is 79.9. The van der Waals surface area contributed by atoms with Crippen molar-refractivity contribution in [2.45, 2.75) is 20.5 Å². The summed E-state index contributed by atoms with van der Waals surface area (Å²) in [5, 5.41) is 0.945. The Labute approximate surface area is 118 Å². The van der Waals surface area contributed by atoms with Crippen molar-refractivity contribution in [3.05, 3.63) is 43.8 Å². The van der Waals surface area contributed by atoms with Gasteiger partial charge < -0.3 is 4.74 Å². The van der Waals surface area contributed by atoms with Crippen LogP contribution in [0.4, 0.5) is 0 Å². The Morgan fingerprint density at radius 2 is 2.22 bits per heavy atom. The lowest BCUT2D eigenvalue weighted by atomic mass is 10.2. The smallest absolute Gasteiger partial charge is 0.151 e. The van der Waals surface area contributed by atoms with E-state index in [4.69, 9.17) is 4.74 Å². The van der Waals surface area contributed by atoms with E-state index < -0.39 is 0 Å². The molecule has 3 nitrogen and oxygen atoms in total. The van der Waals surface area contributed by atoms with Gasteiger partial charge in [-0.1, -0.05) is 15.9 Å². The van der Waals surface area contributed by atoms with Crippen molar-refractivity contribution in [1.82, 2.24) is 4.98 Å².